The molecule has 2 rings (SSSR count). The van der Waals surface area contributed by atoms with Gasteiger partial charge in [0.05, 0.1) is 5.52 Å². The number of benzene rings is 1. The van der Waals surface area contributed by atoms with Crippen LogP contribution in [0.5, 0.6) is 0 Å². The van der Waals surface area contributed by atoms with E-state index in [0.717, 1.165) is 16.5 Å². The largest absolute Gasteiger partial charge is 0.275 e. The summed E-state index contributed by atoms with van der Waals surface area (Å²) in [4.78, 5) is 0. The molecule has 1 heterocycles. The maximum atomic E-state index is 13.3. The minimum atomic E-state index is -0.177. The molecule has 1 aromatic carbocycles. The van der Waals surface area contributed by atoms with E-state index in [9.17, 15) is 4.39 Å². The number of aryl methyl sites for hydroxylation is 3. The van der Waals surface area contributed by atoms with Gasteiger partial charge in [-0.2, -0.15) is 5.10 Å². The van der Waals surface area contributed by atoms with E-state index in [2.05, 4.69) is 5.10 Å². The Morgan fingerprint density at radius 2 is 2.08 bits per heavy atom. The molecule has 0 aliphatic carbocycles. The second-order valence-corrected chi connectivity index (χ2v) is 3.37. The molecule has 1 aromatic heterocycles. The van der Waals surface area contributed by atoms with Crippen LogP contribution in [0, 0.1) is 19.7 Å². The highest BCUT2D eigenvalue weighted by Gasteiger charge is 2.09. The Hall–Kier alpha value is -1.38. The van der Waals surface area contributed by atoms with Crippen molar-refractivity contribution in [2.24, 2.45) is 7.05 Å². The van der Waals surface area contributed by atoms with E-state index in [4.69, 9.17) is 0 Å². The maximum Gasteiger partial charge on any atom is 0.128 e. The summed E-state index contributed by atoms with van der Waals surface area (Å²) in [6.07, 6.45) is 1.91. The summed E-state index contributed by atoms with van der Waals surface area (Å²) in [6.45, 7) is 3.65. The number of hydrogen-bond acceptors (Lipinski definition) is 1. The van der Waals surface area contributed by atoms with E-state index in [1.807, 2.05) is 20.2 Å². The zero-order valence-corrected chi connectivity index (χ0v) is 7.93. The molecule has 68 valence electrons. The predicted molar refractivity (Wildman–Crippen MR) is 50.1 cm³/mol. The van der Waals surface area contributed by atoms with Crippen molar-refractivity contribution in [3.63, 3.8) is 0 Å². The van der Waals surface area contributed by atoms with Crippen LogP contribution in [0.25, 0.3) is 10.9 Å². The quantitative estimate of drug-likeness (QED) is 0.605. The lowest BCUT2D eigenvalue weighted by molar-refractivity contribution is 0.619. The molecular weight excluding hydrogens is 167 g/mol. The molecule has 2 nitrogen and oxygen atoms in total. The van der Waals surface area contributed by atoms with Gasteiger partial charge in [-0.15, -0.1) is 0 Å². The fourth-order valence-corrected chi connectivity index (χ4v) is 1.54. The van der Waals surface area contributed by atoms with Gasteiger partial charge in [0.15, 0.2) is 0 Å². The molecule has 0 aliphatic rings. The summed E-state index contributed by atoms with van der Waals surface area (Å²) in [5, 5.41) is 5.24. The Balaban J connectivity index is 2.95. The molecule has 13 heavy (non-hydrogen) atoms. The standard InChI is InChI=1S/C10H11FN2/c1-6-4-9(11)7(2)10-8(6)5-13(3)12-10/h4-5H,1-3H3. The third-order valence-electron chi connectivity index (χ3n) is 2.31. The van der Waals surface area contributed by atoms with Gasteiger partial charge in [-0.25, -0.2) is 4.39 Å². The molecule has 0 amide bonds. The van der Waals surface area contributed by atoms with Crippen molar-refractivity contribution >= 4 is 10.9 Å². The van der Waals surface area contributed by atoms with Crippen molar-refractivity contribution in [3.05, 3.63) is 29.2 Å². The molecule has 0 radical (unpaired) electrons. The third kappa shape index (κ3) is 1.11. The smallest absolute Gasteiger partial charge is 0.128 e. The molecule has 0 fully saturated rings. The van der Waals surface area contributed by atoms with Crippen molar-refractivity contribution < 1.29 is 4.39 Å². The number of hydrogen-bond donors (Lipinski definition) is 0. The van der Waals surface area contributed by atoms with Crippen LogP contribution in [0.3, 0.4) is 0 Å². The molecule has 0 atom stereocenters. The molecule has 0 aliphatic heterocycles. The SMILES string of the molecule is Cc1cc(F)c(C)c2nn(C)cc12. The first-order valence-corrected chi connectivity index (χ1v) is 4.18. The van der Waals surface area contributed by atoms with Crippen LogP contribution in [-0.2, 0) is 7.05 Å². The second-order valence-electron chi connectivity index (χ2n) is 3.37. The van der Waals surface area contributed by atoms with Crippen LogP contribution in [0.4, 0.5) is 4.39 Å². The van der Waals surface area contributed by atoms with Gasteiger partial charge in [0.2, 0.25) is 0 Å². The summed E-state index contributed by atoms with van der Waals surface area (Å²) in [7, 11) is 1.84. The number of rotatable bonds is 0. The van der Waals surface area contributed by atoms with Gasteiger partial charge in [-0.1, -0.05) is 0 Å². The monoisotopic (exact) mass is 178 g/mol. The lowest BCUT2D eigenvalue weighted by atomic mass is 10.1. The second kappa shape index (κ2) is 2.55. The van der Waals surface area contributed by atoms with Crippen LogP contribution < -0.4 is 0 Å². The molecular formula is C10H11FN2. The Labute approximate surface area is 76.0 Å². The molecule has 0 bridgehead atoms. The van der Waals surface area contributed by atoms with Crippen LogP contribution in [0.15, 0.2) is 12.3 Å². The highest BCUT2D eigenvalue weighted by atomic mass is 19.1. The van der Waals surface area contributed by atoms with Crippen molar-refractivity contribution in [2.75, 3.05) is 0 Å². The highest BCUT2D eigenvalue weighted by Crippen LogP contribution is 2.22. The summed E-state index contributed by atoms with van der Waals surface area (Å²) < 4.78 is 15.0. The Kier molecular flexibility index (Phi) is 1.62. The van der Waals surface area contributed by atoms with Gasteiger partial charge in [0.25, 0.3) is 0 Å². The average molecular weight is 178 g/mol. The topological polar surface area (TPSA) is 17.8 Å². The molecule has 0 saturated heterocycles. The minimum absolute atomic E-state index is 0.177. The molecule has 0 spiro atoms. The van der Waals surface area contributed by atoms with Crippen molar-refractivity contribution in [2.45, 2.75) is 13.8 Å². The molecule has 3 heteroatoms. The Morgan fingerprint density at radius 3 is 2.77 bits per heavy atom. The Bertz CT molecular complexity index is 471. The van der Waals surface area contributed by atoms with Crippen LogP contribution in [-0.4, -0.2) is 9.78 Å². The van der Waals surface area contributed by atoms with Gasteiger partial charge in [-0.3, -0.25) is 4.68 Å². The average Bonchev–Trinajstić information content (AvgIpc) is 2.44. The number of aromatic nitrogens is 2. The zero-order valence-electron chi connectivity index (χ0n) is 7.93. The summed E-state index contributed by atoms with van der Waals surface area (Å²) in [5.74, 6) is -0.177. The molecule has 0 N–H and O–H groups in total. The minimum Gasteiger partial charge on any atom is -0.275 e. The first kappa shape index (κ1) is 8.23. The Morgan fingerprint density at radius 1 is 1.38 bits per heavy atom. The summed E-state index contributed by atoms with van der Waals surface area (Å²) in [6, 6.07) is 1.55. The van der Waals surface area contributed by atoms with Gasteiger partial charge in [0, 0.05) is 24.2 Å². The van der Waals surface area contributed by atoms with Crippen LogP contribution in [0.1, 0.15) is 11.1 Å². The third-order valence-corrected chi connectivity index (χ3v) is 2.31. The molecule has 0 saturated carbocycles. The lowest BCUT2D eigenvalue weighted by Crippen LogP contribution is -1.88. The lowest BCUT2D eigenvalue weighted by Gasteiger charge is -1.99. The number of nitrogens with zero attached hydrogens (tertiary/aromatic N) is 2. The van der Waals surface area contributed by atoms with Gasteiger partial charge >= 0.3 is 0 Å². The normalized spacial score (nSPS) is 11.1. The highest BCUT2D eigenvalue weighted by molar-refractivity contribution is 5.84. The van der Waals surface area contributed by atoms with Crippen LogP contribution >= 0.6 is 0 Å². The van der Waals surface area contributed by atoms with Gasteiger partial charge in [0.1, 0.15) is 5.82 Å². The van der Waals surface area contributed by atoms with E-state index in [1.165, 1.54) is 0 Å². The summed E-state index contributed by atoms with van der Waals surface area (Å²) in [5.41, 5.74) is 2.33. The first-order valence-electron chi connectivity index (χ1n) is 4.18. The van der Waals surface area contributed by atoms with Gasteiger partial charge < -0.3 is 0 Å². The maximum absolute atomic E-state index is 13.3. The van der Waals surface area contributed by atoms with E-state index in [1.54, 1.807) is 17.7 Å². The van der Waals surface area contributed by atoms with Crippen molar-refractivity contribution in [1.29, 1.82) is 0 Å². The molecule has 0 unspecified atom stereocenters. The van der Waals surface area contributed by atoms with Crippen LogP contribution in [0.2, 0.25) is 0 Å². The van der Waals surface area contributed by atoms with Crippen molar-refractivity contribution in [1.82, 2.24) is 9.78 Å². The first-order chi connectivity index (χ1) is 6.09. The number of halogens is 1. The van der Waals surface area contributed by atoms with E-state index in [-0.39, 0.29) is 5.82 Å². The van der Waals surface area contributed by atoms with E-state index < -0.39 is 0 Å². The summed E-state index contributed by atoms with van der Waals surface area (Å²) >= 11 is 0. The van der Waals surface area contributed by atoms with Crippen molar-refractivity contribution in [3.8, 4) is 0 Å². The fraction of sp³-hybridized carbons (Fsp3) is 0.300. The van der Waals surface area contributed by atoms with E-state index in [0.29, 0.717) is 5.56 Å². The zero-order chi connectivity index (χ0) is 9.59. The fourth-order valence-electron chi connectivity index (χ4n) is 1.54. The van der Waals surface area contributed by atoms with Gasteiger partial charge in [-0.05, 0) is 25.5 Å². The predicted octanol–water partition coefficient (Wildman–Crippen LogP) is 2.33. The molecule has 2 aromatic rings. The van der Waals surface area contributed by atoms with E-state index >= 15 is 0 Å². The number of fused-ring (bicyclic) bond motifs is 1.